The molecule has 1 atom stereocenters. The van der Waals surface area contributed by atoms with Crippen LogP contribution in [0.25, 0.3) is 0 Å². The number of primary amides is 1. The predicted octanol–water partition coefficient (Wildman–Crippen LogP) is 1.37. The van der Waals surface area contributed by atoms with E-state index in [0.29, 0.717) is 19.8 Å². The maximum absolute atomic E-state index is 11.4. The lowest BCUT2D eigenvalue weighted by Crippen LogP contribution is -2.47. The maximum atomic E-state index is 11.4. The van der Waals surface area contributed by atoms with Crippen LogP contribution in [-0.2, 0) is 18.1 Å². The molecule has 0 spiro atoms. The van der Waals surface area contributed by atoms with Crippen molar-refractivity contribution >= 4 is 14.7 Å². The van der Waals surface area contributed by atoms with Gasteiger partial charge in [0.25, 0.3) is 0 Å². The molecule has 1 fully saturated rings. The molecule has 0 unspecified atom stereocenters. The maximum Gasteiger partial charge on any atom is 0.500 e. The van der Waals surface area contributed by atoms with E-state index in [1.807, 2.05) is 20.8 Å². The fourth-order valence-corrected chi connectivity index (χ4v) is 5.51. The highest BCUT2D eigenvalue weighted by Gasteiger charge is 2.40. The molecule has 6 nitrogen and oxygen atoms in total. The molecule has 1 amide bonds. The highest BCUT2D eigenvalue weighted by Crippen LogP contribution is 2.21. The second kappa shape index (κ2) is 9.53. The van der Waals surface area contributed by atoms with Gasteiger partial charge < -0.3 is 19.0 Å². The zero-order valence-electron chi connectivity index (χ0n) is 13.6. The number of hydrogen-bond donors (Lipinski definition) is 1. The average molecular weight is 318 g/mol. The van der Waals surface area contributed by atoms with Crippen molar-refractivity contribution in [2.75, 3.05) is 32.9 Å². The molecule has 21 heavy (non-hydrogen) atoms. The summed E-state index contributed by atoms with van der Waals surface area (Å²) in [6.45, 7) is 9.46. The van der Waals surface area contributed by atoms with E-state index in [1.165, 1.54) is 0 Å². The summed E-state index contributed by atoms with van der Waals surface area (Å²) >= 11 is 0. The van der Waals surface area contributed by atoms with Crippen molar-refractivity contribution in [1.82, 2.24) is 4.90 Å². The monoisotopic (exact) mass is 318 g/mol. The van der Waals surface area contributed by atoms with Gasteiger partial charge in [-0.1, -0.05) is 0 Å². The van der Waals surface area contributed by atoms with Crippen molar-refractivity contribution in [2.24, 2.45) is 5.73 Å². The number of likely N-dealkylation sites (tertiary alicyclic amines) is 1. The molecular formula is C14H30N2O4Si. The van der Waals surface area contributed by atoms with E-state index in [2.05, 4.69) is 4.90 Å². The van der Waals surface area contributed by atoms with Gasteiger partial charge in [0.05, 0.1) is 6.04 Å². The fraction of sp³-hybridized carbons (Fsp3) is 0.929. The molecule has 0 aromatic heterocycles. The van der Waals surface area contributed by atoms with Crippen molar-refractivity contribution < 1.29 is 18.1 Å². The van der Waals surface area contributed by atoms with Crippen molar-refractivity contribution in [3.8, 4) is 0 Å². The quantitative estimate of drug-likeness (QED) is 0.583. The van der Waals surface area contributed by atoms with Crippen LogP contribution in [0.15, 0.2) is 0 Å². The second-order valence-electron chi connectivity index (χ2n) is 5.18. The Balaban J connectivity index is 2.50. The Bertz CT molecular complexity index is 300. The minimum atomic E-state index is -2.56. The Kier molecular flexibility index (Phi) is 8.43. The Morgan fingerprint density at radius 1 is 1.19 bits per heavy atom. The number of nitrogens with two attached hydrogens (primary N) is 1. The van der Waals surface area contributed by atoms with Crippen LogP contribution in [-0.4, -0.2) is 58.6 Å². The third-order valence-electron chi connectivity index (χ3n) is 3.71. The number of nitrogens with zero attached hydrogens (tertiary/aromatic N) is 1. The van der Waals surface area contributed by atoms with Crippen LogP contribution in [0.4, 0.5) is 0 Å². The van der Waals surface area contributed by atoms with Gasteiger partial charge >= 0.3 is 8.80 Å². The fourth-order valence-electron chi connectivity index (χ4n) is 2.92. The van der Waals surface area contributed by atoms with Crippen molar-refractivity contribution in [3.63, 3.8) is 0 Å². The zero-order chi connectivity index (χ0) is 15.7. The van der Waals surface area contributed by atoms with Gasteiger partial charge in [-0.25, -0.2) is 0 Å². The number of carbonyl (C=O) groups excluding carboxylic acids is 1. The van der Waals surface area contributed by atoms with Crippen LogP contribution in [0, 0.1) is 0 Å². The predicted molar refractivity (Wildman–Crippen MR) is 83.8 cm³/mol. The van der Waals surface area contributed by atoms with Crippen LogP contribution in [0.2, 0.25) is 6.04 Å². The normalized spacial score (nSPS) is 20.0. The minimum Gasteiger partial charge on any atom is -0.374 e. The molecule has 124 valence electrons. The van der Waals surface area contributed by atoms with Gasteiger partial charge in [0, 0.05) is 25.9 Å². The Morgan fingerprint density at radius 3 is 2.24 bits per heavy atom. The van der Waals surface area contributed by atoms with Gasteiger partial charge in [-0.2, -0.15) is 0 Å². The van der Waals surface area contributed by atoms with Crippen LogP contribution >= 0.6 is 0 Å². The van der Waals surface area contributed by atoms with Crippen molar-refractivity contribution in [3.05, 3.63) is 0 Å². The van der Waals surface area contributed by atoms with Crippen molar-refractivity contribution in [1.29, 1.82) is 0 Å². The van der Waals surface area contributed by atoms with E-state index in [1.54, 1.807) is 0 Å². The van der Waals surface area contributed by atoms with Gasteiger partial charge in [-0.05, 0) is 53.1 Å². The summed E-state index contributed by atoms with van der Waals surface area (Å²) in [5.74, 6) is -0.213. The Hall–Kier alpha value is -0.473. The van der Waals surface area contributed by atoms with E-state index in [-0.39, 0.29) is 11.9 Å². The van der Waals surface area contributed by atoms with Crippen LogP contribution in [0.1, 0.15) is 40.0 Å². The first-order valence-corrected chi connectivity index (χ1v) is 9.97. The first-order valence-electron chi connectivity index (χ1n) is 8.03. The molecule has 0 radical (unpaired) electrons. The molecule has 1 aliphatic heterocycles. The molecule has 0 aromatic carbocycles. The molecule has 1 saturated heterocycles. The topological polar surface area (TPSA) is 74.0 Å². The summed E-state index contributed by atoms with van der Waals surface area (Å²) in [5.41, 5.74) is 5.44. The van der Waals surface area contributed by atoms with E-state index in [0.717, 1.165) is 38.4 Å². The van der Waals surface area contributed by atoms with Gasteiger partial charge in [0.2, 0.25) is 5.91 Å². The SMILES string of the molecule is CCO[Si](CCCN1CCC[C@H]1C(N)=O)(OCC)OCC. The van der Waals surface area contributed by atoms with Crippen LogP contribution in [0.5, 0.6) is 0 Å². The number of carbonyl (C=O) groups is 1. The number of amides is 1. The summed E-state index contributed by atoms with van der Waals surface area (Å²) in [4.78, 5) is 13.6. The van der Waals surface area contributed by atoms with E-state index in [9.17, 15) is 4.79 Å². The average Bonchev–Trinajstić information content (AvgIpc) is 2.88. The third kappa shape index (κ3) is 5.67. The smallest absolute Gasteiger partial charge is 0.374 e. The summed E-state index contributed by atoms with van der Waals surface area (Å²) in [7, 11) is -2.56. The highest BCUT2D eigenvalue weighted by atomic mass is 28.4. The standard InChI is InChI=1S/C14H30N2O4Si/c1-4-18-21(19-5-2,20-6-3)12-8-11-16-10-7-9-13(16)14(15)17/h13H,4-12H2,1-3H3,(H2,15,17)/t13-/m0/s1. The molecule has 2 N–H and O–H groups in total. The summed E-state index contributed by atoms with van der Waals surface area (Å²) < 4.78 is 17.5. The molecule has 1 heterocycles. The molecule has 0 aromatic rings. The first-order chi connectivity index (χ1) is 10.1. The van der Waals surface area contributed by atoms with Gasteiger partial charge in [0.15, 0.2) is 0 Å². The van der Waals surface area contributed by atoms with Gasteiger partial charge in [-0.15, -0.1) is 0 Å². The Morgan fingerprint density at radius 2 is 1.76 bits per heavy atom. The van der Waals surface area contributed by atoms with Crippen LogP contribution in [0.3, 0.4) is 0 Å². The lowest BCUT2D eigenvalue weighted by atomic mass is 10.2. The lowest BCUT2D eigenvalue weighted by molar-refractivity contribution is -0.122. The first kappa shape index (κ1) is 18.6. The molecule has 1 aliphatic rings. The van der Waals surface area contributed by atoms with Gasteiger partial charge in [0.1, 0.15) is 0 Å². The molecule has 1 rings (SSSR count). The summed E-state index contributed by atoms with van der Waals surface area (Å²) in [6.07, 6.45) is 2.81. The molecule has 0 saturated carbocycles. The van der Waals surface area contributed by atoms with Crippen LogP contribution < -0.4 is 5.73 Å². The number of hydrogen-bond acceptors (Lipinski definition) is 5. The van der Waals surface area contributed by atoms with E-state index >= 15 is 0 Å². The third-order valence-corrected chi connectivity index (χ3v) is 6.86. The van der Waals surface area contributed by atoms with Gasteiger partial charge in [-0.3, -0.25) is 9.69 Å². The lowest BCUT2D eigenvalue weighted by Gasteiger charge is -2.29. The molecule has 0 bridgehead atoms. The van der Waals surface area contributed by atoms with E-state index < -0.39 is 8.80 Å². The summed E-state index contributed by atoms with van der Waals surface area (Å²) in [5, 5.41) is 0. The number of rotatable bonds is 11. The zero-order valence-corrected chi connectivity index (χ0v) is 14.6. The van der Waals surface area contributed by atoms with Crippen molar-refractivity contribution in [2.45, 2.75) is 52.1 Å². The largest absolute Gasteiger partial charge is 0.500 e. The highest BCUT2D eigenvalue weighted by molar-refractivity contribution is 6.60. The molecular weight excluding hydrogens is 288 g/mol. The second-order valence-corrected chi connectivity index (χ2v) is 7.91. The van der Waals surface area contributed by atoms with E-state index in [4.69, 9.17) is 19.0 Å². The molecule has 0 aliphatic carbocycles. The Labute approximate surface area is 129 Å². The summed E-state index contributed by atoms with van der Waals surface area (Å²) in [6, 6.07) is 0.678. The minimum absolute atomic E-state index is 0.104. The molecule has 7 heteroatoms.